The summed E-state index contributed by atoms with van der Waals surface area (Å²) in [4.78, 5) is 12.5. The van der Waals surface area contributed by atoms with Crippen molar-refractivity contribution in [2.24, 2.45) is 0 Å². The van der Waals surface area contributed by atoms with Gasteiger partial charge in [-0.3, -0.25) is 10.1 Å². The Balaban J connectivity index is 2.44. The zero-order valence-corrected chi connectivity index (χ0v) is 11.0. The van der Waals surface area contributed by atoms with Crippen molar-refractivity contribution in [3.05, 3.63) is 45.9 Å². The van der Waals surface area contributed by atoms with Gasteiger partial charge >= 0.3 is 0 Å². The zero-order valence-electron chi connectivity index (χ0n) is 11.0. The maximum atomic E-state index is 10.6. The Labute approximate surface area is 108 Å². The van der Waals surface area contributed by atoms with Gasteiger partial charge in [0.25, 0.3) is 5.70 Å². The lowest BCUT2D eigenvalue weighted by molar-refractivity contribution is -0.419. The van der Waals surface area contributed by atoms with Crippen molar-refractivity contribution in [1.29, 1.82) is 0 Å². The fourth-order valence-corrected chi connectivity index (χ4v) is 1.67. The number of likely N-dealkylation sites (N-methyl/N-ethyl adjacent to an activating group) is 1. The number of nitro groups is 1. The summed E-state index contributed by atoms with van der Waals surface area (Å²) in [6.07, 6.45) is 7.03. The van der Waals surface area contributed by atoms with Gasteiger partial charge in [0.2, 0.25) is 0 Å². The summed E-state index contributed by atoms with van der Waals surface area (Å²) in [6, 6.07) is 0. The van der Waals surface area contributed by atoms with E-state index in [0.717, 1.165) is 25.4 Å². The number of allylic oxidation sites excluding steroid dienone is 4. The molecule has 0 bridgehead atoms. The first kappa shape index (κ1) is 14.4. The van der Waals surface area contributed by atoms with Crippen molar-refractivity contribution in [2.75, 3.05) is 26.2 Å². The quantitative estimate of drug-likeness (QED) is 0.515. The van der Waals surface area contributed by atoms with Crippen LogP contribution in [0.3, 0.4) is 0 Å². The highest BCUT2D eigenvalue weighted by Gasteiger charge is 2.08. The average Bonchev–Trinajstić information content (AvgIpc) is 2.60. The topological polar surface area (TPSA) is 55.6 Å². The van der Waals surface area contributed by atoms with E-state index in [4.69, 9.17) is 4.74 Å². The van der Waals surface area contributed by atoms with E-state index in [2.05, 4.69) is 18.7 Å². The van der Waals surface area contributed by atoms with Gasteiger partial charge in [0.05, 0.1) is 4.92 Å². The van der Waals surface area contributed by atoms with Crippen LogP contribution in [0.25, 0.3) is 0 Å². The third-order valence-corrected chi connectivity index (χ3v) is 2.85. The van der Waals surface area contributed by atoms with Gasteiger partial charge in [-0.25, -0.2) is 0 Å². The minimum absolute atomic E-state index is 0.0948. The molecular formula is C13H20N2O3. The van der Waals surface area contributed by atoms with Crippen molar-refractivity contribution in [3.63, 3.8) is 0 Å². The molecule has 5 nitrogen and oxygen atoms in total. The third-order valence-electron chi connectivity index (χ3n) is 2.85. The molecule has 0 amide bonds. The monoisotopic (exact) mass is 252 g/mol. The predicted octanol–water partition coefficient (Wildman–Crippen LogP) is 2.35. The van der Waals surface area contributed by atoms with E-state index < -0.39 is 4.92 Å². The van der Waals surface area contributed by atoms with Crippen LogP contribution in [-0.2, 0) is 4.74 Å². The van der Waals surface area contributed by atoms with E-state index in [9.17, 15) is 10.1 Å². The number of nitrogens with zero attached hydrogens (tertiary/aromatic N) is 2. The smallest absolute Gasteiger partial charge is 0.269 e. The Hall–Kier alpha value is -1.62. The van der Waals surface area contributed by atoms with E-state index in [0.29, 0.717) is 13.0 Å². The van der Waals surface area contributed by atoms with Crippen LogP contribution in [0.1, 0.15) is 20.3 Å². The second kappa shape index (κ2) is 7.66. The Bertz CT molecular complexity index is 368. The van der Waals surface area contributed by atoms with Gasteiger partial charge in [0.1, 0.15) is 12.4 Å². The number of ether oxygens (including phenoxy) is 1. The molecule has 0 saturated carbocycles. The molecule has 0 saturated heterocycles. The summed E-state index contributed by atoms with van der Waals surface area (Å²) in [5.41, 5.74) is 0.0948. The molecule has 0 aromatic heterocycles. The van der Waals surface area contributed by atoms with Crippen molar-refractivity contribution in [1.82, 2.24) is 4.90 Å². The van der Waals surface area contributed by atoms with Gasteiger partial charge < -0.3 is 9.64 Å². The fourth-order valence-electron chi connectivity index (χ4n) is 1.67. The van der Waals surface area contributed by atoms with Crippen molar-refractivity contribution >= 4 is 0 Å². The van der Waals surface area contributed by atoms with Crippen molar-refractivity contribution in [3.8, 4) is 0 Å². The highest BCUT2D eigenvalue weighted by Crippen LogP contribution is 2.12. The average molecular weight is 252 g/mol. The molecule has 18 heavy (non-hydrogen) atoms. The molecule has 0 heterocycles. The summed E-state index contributed by atoms with van der Waals surface area (Å²) in [5.74, 6) is 0.773. The van der Waals surface area contributed by atoms with Crippen molar-refractivity contribution in [2.45, 2.75) is 20.3 Å². The van der Waals surface area contributed by atoms with Crippen molar-refractivity contribution < 1.29 is 9.66 Å². The maximum absolute atomic E-state index is 10.6. The van der Waals surface area contributed by atoms with E-state index in [1.807, 2.05) is 0 Å². The molecule has 0 unspecified atom stereocenters. The number of hydrogen-bond donors (Lipinski definition) is 0. The summed E-state index contributed by atoms with van der Waals surface area (Å²) >= 11 is 0. The van der Waals surface area contributed by atoms with Gasteiger partial charge in [-0.15, -0.1) is 0 Å². The third kappa shape index (κ3) is 4.71. The Morgan fingerprint density at radius 2 is 2.11 bits per heavy atom. The minimum atomic E-state index is -0.397. The second-order valence-corrected chi connectivity index (χ2v) is 3.96. The largest absolute Gasteiger partial charge is 0.496 e. The van der Waals surface area contributed by atoms with Crippen LogP contribution < -0.4 is 0 Å². The van der Waals surface area contributed by atoms with Crippen LogP contribution in [0.2, 0.25) is 0 Å². The van der Waals surface area contributed by atoms with E-state index in [1.54, 1.807) is 12.2 Å². The molecular weight excluding hydrogens is 232 g/mol. The van der Waals surface area contributed by atoms with Gasteiger partial charge in [-0.05, 0) is 19.2 Å². The molecule has 0 N–H and O–H groups in total. The summed E-state index contributed by atoms with van der Waals surface area (Å²) < 4.78 is 5.63. The predicted molar refractivity (Wildman–Crippen MR) is 70.7 cm³/mol. The minimum Gasteiger partial charge on any atom is -0.496 e. The Morgan fingerprint density at radius 3 is 2.72 bits per heavy atom. The Kier molecular flexibility index (Phi) is 6.14. The SMILES string of the molecule is CCN(CC)CCOC1=CC=C([N+](=O)[O-])C=CC1. The van der Waals surface area contributed by atoms with Crippen LogP contribution in [0.5, 0.6) is 0 Å². The Morgan fingerprint density at radius 1 is 1.39 bits per heavy atom. The van der Waals surface area contributed by atoms with Gasteiger partial charge in [0.15, 0.2) is 0 Å². The first-order valence-corrected chi connectivity index (χ1v) is 6.24. The molecule has 5 heteroatoms. The molecule has 0 aliphatic heterocycles. The van der Waals surface area contributed by atoms with Crippen LogP contribution >= 0.6 is 0 Å². The summed E-state index contributed by atoms with van der Waals surface area (Å²) in [6.45, 7) is 7.73. The van der Waals surface area contributed by atoms with E-state index in [-0.39, 0.29) is 5.70 Å². The van der Waals surface area contributed by atoms with Gasteiger partial charge in [-0.2, -0.15) is 0 Å². The second-order valence-electron chi connectivity index (χ2n) is 3.96. The number of rotatable bonds is 7. The van der Waals surface area contributed by atoms with E-state index >= 15 is 0 Å². The molecule has 0 fully saturated rings. The lowest BCUT2D eigenvalue weighted by Gasteiger charge is -2.18. The molecule has 1 aliphatic rings. The molecule has 0 aromatic rings. The standard InChI is InChI=1S/C13H20N2O3/c1-3-14(4-2)10-11-18-13-7-5-6-12(8-9-13)15(16)17/h5-6,8-9H,3-4,7,10-11H2,1-2H3. The van der Waals surface area contributed by atoms with E-state index in [1.165, 1.54) is 12.2 Å². The van der Waals surface area contributed by atoms with Crippen LogP contribution in [-0.4, -0.2) is 36.1 Å². The highest BCUT2D eigenvalue weighted by molar-refractivity contribution is 5.24. The lowest BCUT2D eigenvalue weighted by atomic mass is 10.3. The van der Waals surface area contributed by atoms with Crippen LogP contribution in [0.15, 0.2) is 35.8 Å². The molecule has 0 spiro atoms. The van der Waals surface area contributed by atoms with Gasteiger partial charge in [-0.1, -0.05) is 19.9 Å². The first-order chi connectivity index (χ1) is 8.67. The first-order valence-electron chi connectivity index (χ1n) is 6.24. The molecule has 0 radical (unpaired) electrons. The van der Waals surface area contributed by atoms with Crippen LogP contribution in [0.4, 0.5) is 0 Å². The molecule has 0 atom stereocenters. The fraction of sp³-hybridized carbons (Fsp3) is 0.538. The van der Waals surface area contributed by atoms with Gasteiger partial charge in [0, 0.05) is 25.1 Å². The van der Waals surface area contributed by atoms with Crippen LogP contribution in [0, 0.1) is 10.1 Å². The number of hydrogen-bond acceptors (Lipinski definition) is 4. The molecule has 1 aliphatic carbocycles. The lowest BCUT2D eigenvalue weighted by Crippen LogP contribution is -2.26. The maximum Gasteiger partial charge on any atom is 0.269 e. The molecule has 100 valence electrons. The highest BCUT2D eigenvalue weighted by atomic mass is 16.6. The summed E-state index contributed by atoms with van der Waals surface area (Å²) in [7, 11) is 0. The zero-order chi connectivity index (χ0) is 13.4. The molecule has 0 aromatic carbocycles. The normalized spacial score (nSPS) is 15.1. The molecule has 1 rings (SSSR count). The summed E-state index contributed by atoms with van der Waals surface area (Å²) in [5, 5.41) is 10.6.